The first-order valence-corrected chi connectivity index (χ1v) is 7.80. The second kappa shape index (κ2) is 5.95. The number of fused-ring (bicyclic) bond motifs is 1. The van der Waals surface area contributed by atoms with Gasteiger partial charge in [-0.2, -0.15) is 0 Å². The third-order valence-electron chi connectivity index (χ3n) is 3.44. The number of carbonyl (C=O) groups excluding carboxylic acids is 1. The Kier molecular flexibility index (Phi) is 4.03. The summed E-state index contributed by atoms with van der Waals surface area (Å²) >= 11 is 1.42. The maximum absolute atomic E-state index is 12.3. The first kappa shape index (κ1) is 14.2. The number of aryl methyl sites for hydroxylation is 1. The minimum atomic E-state index is 0.000779. The lowest BCUT2D eigenvalue weighted by Crippen LogP contribution is -2.25. The molecule has 1 aliphatic rings. The summed E-state index contributed by atoms with van der Waals surface area (Å²) in [5.41, 5.74) is 0.939. The summed E-state index contributed by atoms with van der Waals surface area (Å²) in [6.45, 7) is 3.22. The maximum atomic E-state index is 12.3. The number of nitrogens with one attached hydrogen (secondary N) is 2. The Morgan fingerprint density at radius 3 is 3.00 bits per heavy atom. The van der Waals surface area contributed by atoms with Crippen LogP contribution in [0.1, 0.15) is 28.1 Å². The minimum absolute atomic E-state index is 0.000779. The monoisotopic (exact) mass is 306 g/mol. The van der Waals surface area contributed by atoms with E-state index in [1.807, 2.05) is 6.92 Å². The van der Waals surface area contributed by atoms with Crippen molar-refractivity contribution in [2.24, 2.45) is 0 Å². The fourth-order valence-corrected chi connectivity index (χ4v) is 3.22. The molecule has 2 heterocycles. The van der Waals surface area contributed by atoms with E-state index in [4.69, 9.17) is 4.74 Å². The molecule has 0 radical (unpaired) electrons. The molecule has 0 spiro atoms. The van der Waals surface area contributed by atoms with Crippen LogP contribution in [0, 0.1) is 6.92 Å². The molecule has 3 rings (SSSR count). The first-order chi connectivity index (χ1) is 10.2. The molecule has 1 saturated carbocycles. The lowest BCUT2D eigenvalue weighted by Gasteiger charge is -2.06. The minimum Gasteiger partial charge on any atom is -0.383 e. The molecular formula is C14H18N4O2S. The smallest absolute Gasteiger partial charge is 0.261 e. The van der Waals surface area contributed by atoms with Crippen LogP contribution < -0.4 is 10.6 Å². The Hall–Kier alpha value is -1.73. The van der Waals surface area contributed by atoms with Crippen LogP contribution in [0.2, 0.25) is 0 Å². The number of ether oxygens (including phenoxy) is 1. The zero-order valence-electron chi connectivity index (χ0n) is 12.1. The van der Waals surface area contributed by atoms with E-state index in [1.54, 1.807) is 7.11 Å². The molecule has 6 nitrogen and oxygen atoms in total. The molecule has 0 bridgehead atoms. The van der Waals surface area contributed by atoms with Crippen molar-refractivity contribution in [2.75, 3.05) is 25.6 Å². The van der Waals surface area contributed by atoms with Gasteiger partial charge >= 0.3 is 0 Å². The zero-order valence-corrected chi connectivity index (χ0v) is 12.9. The van der Waals surface area contributed by atoms with Crippen molar-refractivity contribution in [1.29, 1.82) is 0 Å². The van der Waals surface area contributed by atoms with Crippen LogP contribution in [0.25, 0.3) is 10.2 Å². The van der Waals surface area contributed by atoms with E-state index in [-0.39, 0.29) is 5.91 Å². The number of rotatable bonds is 6. The van der Waals surface area contributed by atoms with E-state index in [1.165, 1.54) is 17.7 Å². The summed E-state index contributed by atoms with van der Waals surface area (Å²) in [7, 11) is 1.66. The summed E-state index contributed by atoms with van der Waals surface area (Å²) in [6.07, 6.45) is 3.69. The molecule has 1 aliphatic carbocycles. The van der Waals surface area contributed by atoms with Gasteiger partial charge in [-0.25, -0.2) is 9.97 Å². The van der Waals surface area contributed by atoms with E-state index in [0.29, 0.717) is 19.2 Å². The topological polar surface area (TPSA) is 76.1 Å². The summed E-state index contributed by atoms with van der Waals surface area (Å²) in [6, 6.07) is 0.354. The van der Waals surface area contributed by atoms with Gasteiger partial charge in [0.15, 0.2) is 0 Å². The van der Waals surface area contributed by atoms with Crippen LogP contribution in [0.15, 0.2) is 6.33 Å². The standard InChI is InChI=1S/C14H18N4O2S/c1-8-10-12(15-5-6-20-2)16-7-17-14(10)21-11(8)13(19)18-9-3-4-9/h7,9H,3-6H2,1-2H3,(H,18,19)(H,15,16,17). The number of hydrogen-bond acceptors (Lipinski definition) is 6. The predicted octanol–water partition coefficient (Wildman–Crippen LogP) is 1.95. The first-order valence-electron chi connectivity index (χ1n) is 6.98. The number of amides is 1. The van der Waals surface area contributed by atoms with Crippen LogP contribution in [-0.2, 0) is 4.74 Å². The Bertz CT molecular complexity index is 666. The lowest BCUT2D eigenvalue weighted by atomic mass is 10.2. The summed E-state index contributed by atoms with van der Waals surface area (Å²) in [5, 5.41) is 7.19. The highest BCUT2D eigenvalue weighted by Crippen LogP contribution is 2.33. The number of carbonyl (C=O) groups is 1. The van der Waals surface area contributed by atoms with Gasteiger partial charge in [0.05, 0.1) is 16.9 Å². The lowest BCUT2D eigenvalue weighted by molar-refractivity contribution is 0.0954. The SMILES string of the molecule is COCCNc1ncnc2sc(C(=O)NC3CC3)c(C)c12. The molecule has 112 valence electrons. The molecular weight excluding hydrogens is 288 g/mol. The average molecular weight is 306 g/mol. The average Bonchev–Trinajstić information content (AvgIpc) is 3.22. The van der Waals surface area contributed by atoms with Gasteiger partial charge in [0.2, 0.25) is 0 Å². The van der Waals surface area contributed by atoms with Gasteiger partial charge in [-0.15, -0.1) is 11.3 Å². The van der Waals surface area contributed by atoms with Gasteiger partial charge in [-0.1, -0.05) is 0 Å². The van der Waals surface area contributed by atoms with E-state index in [2.05, 4.69) is 20.6 Å². The third kappa shape index (κ3) is 2.98. The molecule has 0 saturated heterocycles. The van der Waals surface area contributed by atoms with E-state index in [0.717, 1.165) is 39.3 Å². The van der Waals surface area contributed by atoms with Crippen LogP contribution in [0.3, 0.4) is 0 Å². The largest absolute Gasteiger partial charge is 0.383 e. The van der Waals surface area contributed by atoms with Crippen molar-refractivity contribution < 1.29 is 9.53 Å². The molecule has 2 N–H and O–H groups in total. The van der Waals surface area contributed by atoms with Crippen LogP contribution in [-0.4, -0.2) is 42.2 Å². The van der Waals surface area contributed by atoms with Gasteiger partial charge in [0, 0.05) is 19.7 Å². The number of methoxy groups -OCH3 is 1. The highest BCUT2D eigenvalue weighted by molar-refractivity contribution is 7.20. The van der Waals surface area contributed by atoms with Crippen LogP contribution in [0.5, 0.6) is 0 Å². The molecule has 7 heteroatoms. The van der Waals surface area contributed by atoms with Gasteiger partial charge in [-0.05, 0) is 25.3 Å². The van der Waals surface area contributed by atoms with Crippen LogP contribution in [0.4, 0.5) is 5.82 Å². The predicted molar refractivity (Wildman–Crippen MR) is 83.0 cm³/mol. The molecule has 21 heavy (non-hydrogen) atoms. The molecule has 1 fully saturated rings. The van der Waals surface area contributed by atoms with Crippen molar-refractivity contribution in [1.82, 2.24) is 15.3 Å². The highest BCUT2D eigenvalue weighted by atomic mass is 32.1. The number of hydrogen-bond donors (Lipinski definition) is 2. The number of nitrogens with zero attached hydrogens (tertiary/aromatic N) is 2. The number of aromatic nitrogens is 2. The van der Waals surface area contributed by atoms with Gasteiger partial charge in [-0.3, -0.25) is 4.79 Å². The maximum Gasteiger partial charge on any atom is 0.261 e. The molecule has 1 amide bonds. The van der Waals surface area contributed by atoms with Crippen molar-refractivity contribution in [3.8, 4) is 0 Å². The third-order valence-corrected chi connectivity index (χ3v) is 4.64. The molecule has 0 aliphatic heterocycles. The molecule has 0 aromatic carbocycles. The van der Waals surface area contributed by atoms with Gasteiger partial charge in [0.1, 0.15) is 17.0 Å². The Morgan fingerprint density at radius 1 is 1.48 bits per heavy atom. The normalized spacial score (nSPS) is 14.4. The second-order valence-corrected chi connectivity index (χ2v) is 6.12. The molecule has 2 aromatic rings. The number of anilines is 1. The van der Waals surface area contributed by atoms with Gasteiger partial charge < -0.3 is 15.4 Å². The Labute approximate surface area is 126 Å². The van der Waals surface area contributed by atoms with E-state index < -0.39 is 0 Å². The molecule has 2 aromatic heterocycles. The molecule has 0 atom stereocenters. The fourth-order valence-electron chi connectivity index (χ4n) is 2.17. The van der Waals surface area contributed by atoms with E-state index >= 15 is 0 Å². The van der Waals surface area contributed by atoms with E-state index in [9.17, 15) is 4.79 Å². The Morgan fingerprint density at radius 2 is 2.29 bits per heavy atom. The van der Waals surface area contributed by atoms with Crippen LogP contribution >= 0.6 is 11.3 Å². The Balaban J connectivity index is 1.91. The summed E-state index contributed by atoms with van der Waals surface area (Å²) in [4.78, 5) is 22.4. The van der Waals surface area contributed by atoms with Gasteiger partial charge in [0.25, 0.3) is 5.91 Å². The summed E-state index contributed by atoms with van der Waals surface area (Å²) < 4.78 is 5.03. The zero-order chi connectivity index (χ0) is 14.8. The highest BCUT2D eigenvalue weighted by Gasteiger charge is 2.26. The van der Waals surface area contributed by atoms with Crippen molar-refractivity contribution in [3.63, 3.8) is 0 Å². The second-order valence-electron chi connectivity index (χ2n) is 5.13. The fraction of sp³-hybridized carbons (Fsp3) is 0.500. The van der Waals surface area contributed by atoms with Crippen molar-refractivity contribution >= 4 is 33.3 Å². The van der Waals surface area contributed by atoms with Crippen molar-refractivity contribution in [3.05, 3.63) is 16.8 Å². The van der Waals surface area contributed by atoms with Crippen molar-refractivity contribution in [2.45, 2.75) is 25.8 Å². The number of thiophene rings is 1. The quantitative estimate of drug-likeness (QED) is 0.798. The molecule has 0 unspecified atom stereocenters. The summed E-state index contributed by atoms with van der Waals surface area (Å²) in [5.74, 6) is 0.761.